The highest BCUT2D eigenvalue weighted by atomic mass is 15.2. The van der Waals surface area contributed by atoms with Crippen molar-refractivity contribution in [3.05, 3.63) is 35.2 Å². The molecule has 2 rings (SSSR count). The molecule has 0 aliphatic carbocycles. The molecule has 0 atom stereocenters. The standard InChI is InChI=1S/C13H18N2/c1-4-10-7-8-14-15-12(6-3)9-11(5-2)13(10)15/h7-9H,4-6H2,1-3H3. The van der Waals surface area contributed by atoms with Crippen molar-refractivity contribution in [2.45, 2.75) is 40.0 Å². The first-order valence-electron chi connectivity index (χ1n) is 5.79. The van der Waals surface area contributed by atoms with Gasteiger partial charge in [0.05, 0.1) is 5.52 Å². The fraction of sp³-hybridized carbons (Fsp3) is 0.462. The van der Waals surface area contributed by atoms with Crippen LogP contribution in [-0.4, -0.2) is 9.61 Å². The van der Waals surface area contributed by atoms with Gasteiger partial charge >= 0.3 is 0 Å². The Morgan fingerprint density at radius 2 is 1.80 bits per heavy atom. The smallest absolute Gasteiger partial charge is 0.0713 e. The van der Waals surface area contributed by atoms with E-state index in [4.69, 9.17) is 0 Å². The maximum Gasteiger partial charge on any atom is 0.0713 e. The summed E-state index contributed by atoms with van der Waals surface area (Å²) in [5.41, 5.74) is 5.48. The quantitative estimate of drug-likeness (QED) is 0.747. The minimum atomic E-state index is 1.04. The average Bonchev–Trinajstić information content (AvgIpc) is 2.66. The summed E-state index contributed by atoms with van der Waals surface area (Å²) in [5.74, 6) is 0. The number of hydrogen-bond acceptors (Lipinski definition) is 1. The van der Waals surface area contributed by atoms with Crippen LogP contribution in [0.3, 0.4) is 0 Å². The molecule has 2 aromatic rings. The summed E-state index contributed by atoms with van der Waals surface area (Å²) in [6.45, 7) is 6.59. The Kier molecular flexibility index (Phi) is 2.76. The average molecular weight is 202 g/mol. The van der Waals surface area contributed by atoms with Gasteiger partial charge in [0.1, 0.15) is 0 Å². The second-order valence-corrected chi connectivity index (χ2v) is 3.84. The van der Waals surface area contributed by atoms with Gasteiger partial charge in [0.25, 0.3) is 0 Å². The van der Waals surface area contributed by atoms with Crippen molar-refractivity contribution in [3.8, 4) is 0 Å². The number of nitrogens with zero attached hydrogens (tertiary/aromatic N) is 2. The van der Waals surface area contributed by atoms with Crippen molar-refractivity contribution in [1.29, 1.82) is 0 Å². The molecule has 0 amide bonds. The van der Waals surface area contributed by atoms with E-state index in [1.54, 1.807) is 0 Å². The summed E-state index contributed by atoms with van der Waals surface area (Å²) in [4.78, 5) is 0. The van der Waals surface area contributed by atoms with Crippen LogP contribution >= 0.6 is 0 Å². The van der Waals surface area contributed by atoms with Gasteiger partial charge < -0.3 is 0 Å². The van der Waals surface area contributed by atoms with E-state index in [9.17, 15) is 0 Å². The van der Waals surface area contributed by atoms with Crippen molar-refractivity contribution in [1.82, 2.24) is 9.61 Å². The Bertz CT molecular complexity index is 469. The third-order valence-corrected chi connectivity index (χ3v) is 3.01. The molecule has 0 spiro atoms. The number of aryl methyl sites for hydroxylation is 3. The van der Waals surface area contributed by atoms with Crippen LogP contribution in [0.2, 0.25) is 0 Å². The summed E-state index contributed by atoms with van der Waals surface area (Å²) in [6, 6.07) is 4.43. The maximum atomic E-state index is 4.45. The van der Waals surface area contributed by atoms with Gasteiger partial charge in [0.2, 0.25) is 0 Å². The molecule has 2 heterocycles. The zero-order valence-corrected chi connectivity index (χ0v) is 9.75. The van der Waals surface area contributed by atoms with E-state index in [1.807, 2.05) is 6.20 Å². The van der Waals surface area contributed by atoms with E-state index in [2.05, 4.69) is 42.5 Å². The number of fused-ring (bicyclic) bond motifs is 1. The monoisotopic (exact) mass is 202 g/mol. The molecule has 0 saturated heterocycles. The first-order valence-corrected chi connectivity index (χ1v) is 5.79. The summed E-state index contributed by atoms with van der Waals surface area (Å²) < 4.78 is 2.11. The number of hydrogen-bond donors (Lipinski definition) is 0. The minimum absolute atomic E-state index is 1.04. The Balaban J connectivity index is 2.78. The van der Waals surface area contributed by atoms with Crippen LogP contribution in [0.15, 0.2) is 18.3 Å². The molecule has 0 aliphatic rings. The Morgan fingerprint density at radius 1 is 1.07 bits per heavy atom. The molecular formula is C13H18N2. The molecule has 2 nitrogen and oxygen atoms in total. The molecule has 15 heavy (non-hydrogen) atoms. The van der Waals surface area contributed by atoms with Gasteiger partial charge in [0, 0.05) is 11.9 Å². The fourth-order valence-electron chi connectivity index (χ4n) is 2.16. The van der Waals surface area contributed by atoms with Gasteiger partial charge in [0.15, 0.2) is 0 Å². The highest BCUT2D eigenvalue weighted by molar-refractivity contribution is 5.62. The predicted molar refractivity (Wildman–Crippen MR) is 63.3 cm³/mol. The first-order chi connectivity index (χ1) is 7.31. The van der Waals surface area contributed by atoms with Crippen LogP contribution in [0.5, 0.6) is 0 Å². The number of aromatic nitrogens is 2. The van der Waals surface area contributed by atoms with E-state index >= 15 is 0 Å². The lowest BCUT2D eigenvalue weighted by atomic mass is 10.1. The summed E-state index contributed by atoms with van der Waals surface area (Å²) in [5, 5.41) is 4.45. The Hall–Kier alpha value is -1.31. The van der Waals surface area contributed by atoms with E-state index < -0.39 is 0 Å². The third-order valence-electron chi connectivity index (χ3n) is 3.01. The molecule has 2 heteroatoms. The lowest BCUT2D eigenvalue weighted by molar-refractivity contribution is 0.849. The highest BCUT2D eigenvalue weighted by Gasteiger charge is 2.10. The molecule has 0 unspecified atom stereocenters. The minimum Gasteiger partial charge on any atom is -0.237 e. The van der Waals surface area contributed by atoms with Crippen LogP contribution < -0.4 is 0 Å². The normalized spacial score (nSPS) is 11.1. The van der Waals surface area contributed by atoms with Crippen LogP contribution in [-0.2, 0) is 19.3 Å². The van der Waals surface area contributed by atoms with Crippen molar-refractivity contribution < 1.29 is 0 Å². The lowest BCUT2D eigenvalue weighted by Crippen LogP contribution is -1.98. The van der Waals surface area contributed by atoms with Gasteiger partial charge in [-0.2, -0.15) is 5.10 Å². The van der Waals surface area contributed by atoms with Gasteiger partial charge in [-0.1, -0.05) is 20.8 Å². The lowest BCUT2D eigenvalue weighted by Gasteiger charge is -2.04. The van der Waals surface area contributed by atoms with Crippen molar-refractivity contribution in [3.63, 3.8) is 0 Å². The fourth-order valence-corrected chi connectivity index (χ4v) is 2.16. The molecule has 0 bridgehead atoms. The molecule has 0 radical (unpaired) electrons. The molecule has 0 aromatic carbocycles. The molecule has 2 aromatic heterocycles. The van der Waals surface area contributed by atoms with Crippen molar-refractivity contribution >= 4 is 5.52 Å². The maximum absolute atomic E-state index is 4.45. The van der Waals surface area contributed by atoms with E-state index in [-0.39, 0.29) is 0 Å². The second kappa shape index (κ2) is 4.05. The van der Waals surface area contributed by atoms with Crippen LogP contribution in [0, 0.1) is 0 Å². The summed E-state index contributed by atoms with van der Waals surface area (Å²) in [6.07, 6.45) is 5.11. The van der Waals surface area contributed by atoms with Gasteiger partial charge in [-0.15, -0.1) is 0 Å². The molecule has 0 fully saturated rings. The van der Waals surface area contributed by atoms with Gasteiger partial charge in [-0.3, -0.25) is 0 Å². The third kappa shape index (κ3) is 1.54. The summed E-state index contributed by atoms with van der Waals surface area (Å²) in [7, 11) is 0. The molecule has 0 N–H and O–H groups in total. The van der Waals surface area contributed by atoms with Gasteiger partial charge in [-0.05, 0) is 42.5 Å². The first kappa shape index (κ1) is 10.2. The van der Waals surface area contributed by atoms with E-state index in [1.165, 1.54) is 22.3 Å². The van der Waals surface area contributed by atoms with Gasteiger partial charge in [-0.25, -0.2) is 4.52 Å². The van der Waals surface area contributed by atoms with Crippen LogP contribution in [0.25, 0.3) is 5.52 Å². The van der Waals surface area contributed by atoms with Crippen molar-refractivity contribution in [2.24, 2.45) is 0 Å². The highest BCUT2D eigenvalue weighted by Crippen LogP contribution is 2.21. The second-order valence-electron chi connectivity index (χ2n) is 3.84. The van der Waals surface area contributed by atoms with Crippen molar-refractivity contribution in [2.75, 3.05) is 0 Å². The van der Waals surface area contributed by atoms with E-state index in [0.717, 1.165) is 19.3 Å². The Labute approximate surface area is 90.9 Å². The van der Waals surface area contributed by atoms with Crippen LogP contribution in [0.4, 0.5) is 0 Å². The predicted octanol–water partition coefficient (Wildman–Crippen LogP) is 3.02. The molecule has 0 saturated carbocycles. The number of rotatable bonds is 3. The Morgan fingerprint density at radius 3 is 2.40 bits per heavy atom. The molecular weight excluding hydrogens is 184 g/mol. The zero-order chi connectivity index (χ0) is 10.8. The zero-order valence-electron chi connectivity index (χ0n) is 9.75. The SMILES string of the molecule is CCc1ccnn2c(CC)cc(CC)c12. The van der Waals surface area contributed by atoms with E-state index in [0.29, 0.717) is 0 Å². The topological polar surface area (TPSA) is 17.3 Å². The summed E-state index contributed by atoms with van der Waals surface area (Å²) >= 11 is 0. The van der Waals surface area contributed by atoms with Crippen LogP contribution in [0.1, 0.15) is 37.6 Å². The molecule has 80 valence electrons. The molecule has 0 aliphatic heterocycles. The largest absolute Gasteiger partial charge is 0.237 e.